The van der Waals surface area contributed by atoms with Gasteiger partial charge in [0, 0.05) is 23.6 Å². The van der Waals surface area contributed by atoms with Gasteiger partial charge in [-0.1, -0.05) is 18.2 Å². The van der Waals surface area contributed by atoms with Crippen LogP contribution in [0.3, 0.4) is 0 Å². The van der Waals surface area contributed by atoms with Crippen LogP contribution in [0.4, 0.5) is 0 Å². The smallest absolute Gasteiger partial charge is 0.240 e. The normalized spacial score (nSPS) is 20.1. The number of carbonyl (C=O) groups is 1. The summed E-state index contributed by atoms with van der Waals surface area (Å²) in [5.74, 6) is -0.0585. The van der Waals surface area contributed by atoms with Crippen LogP contribution in [0.1, 0.15) is 18.4 Å². The third-order valence-corrected chi connectivity index (χ3v) is 4.30. The number of para-hydroxylation sites is 1. The second kappa shape index (κ2) is 5.87. The number of nitrogens with one attached hydrogen (secondary N) is 1. The molecule has 1 unspecified atom stereocenters. The second-order valence-electron chi connectivity index (χ2n) is 5.68. The van der Waals surface area contributed by atoms with Crippen LogP contribution in [-0.4, -0.2) is 46.1 Å². The summed E-state index contributed by atoms with van der Waals surface area (Å²) >= 11 is 0. The highest BCUT2D eigenvalue weighted by Gasteiger charge is 2.31. The highest BCUT2D eigenvalue weighted by molar-refractivity contribution is 5.86. The molecule has 1 aliphatic heterocycles. The Hall–Kier alpha value is -1.85. The van der Waals surface area contributed by atoms with Crippen molar-refractivity contribution in [2.45, 2.75) is 31.3 Å². The van der Waals surface area contributed by atoms with E-state index in [2.05, 4.69) is 4.98 Å². The van der Waals surface area contributed by atoms with E-state index in [1.54, 1.807) is 4.90 Å². The van der Waals surface area contributed by atoms with Crippen molar-refractivity contribution in [3.63, 3.8) is 0 Å². The second-order valence-corrected chi connectivity index (χ2v) is 5.68. The summed E-state index contributed by atoms with van der Waals surface area (Å²) in [6.07, 6.45) is 4.24. The molecule has 1 saturated heterocycles. The summed E-state index contributed by atoms with van der Waals surface area (Å²) in [6.45, 7) is 0.719. The highest BCUT2D eigenvalue weighted by Crippen LogP contribution is 2.21. The molecule has 112 valence electrons. The summed E-state index contributed by atoms with van der Waals surface area (Å²) in [7, 11) is 0. The van der Waals surface area contributed by atoms with Crippen molar-refractivity contribution in [3.05, 3.63) is 36.0 Å². The van der Waals surface area contributed by atoms with Crippen molar-refractivity contribution in [1.82, 2.24) is 9.88 Å². The van der Waals surface area contributed by atoms with Crippen molar-refractivity contribution in [1.29, 1.82) is 0 Å². The van der Waals surface area contributed by atoms with Crippen molar-refractivity contribution >= 4 is 16.8 Å². The van der Waals surface area contributed by atoms with Gasteiger partial charge in [0.2, 0.25) is 5.91 Å². The number of carbonyl (C=O) groups excluding carboxylic acids is 1. The standard InChI is InChI=1S/C16H21N3O2/c17-14(16(21)19-7-3-4-12(19)10-20)8-11-9-18-15-6-2-1-5-13(11)15/h1-2,5-6,9,12,14,18,20H,3-4,7-8,10,17H2/t12?,14-/m0/s1. The number of rotatable bonds is 4. The molecule has 2 aromatic rings. The Bertz CT molecular complexity index is 637. The number of benzene rings is 1. The minimum Gasteiger partial charge on any atom is -0.394 e. The number of nitrogens with two attached hydrogens (primary N) is 1. The molecule has 0 bridgehead atoms. The van der Waals surface area contributed by atoms with Crippen LogP contribution in [0.25, 0.3) is 10.9 Å². The summed E-state index contributed by atoms with van der Waals surface area (Å²) in [5, 5.41) is 10.4. The van der Waals surface area contributed by atoms with Gasteiger partial charge in [0.15, 0.2) is 0 Å². The molecule has 1 fully saturated rings. The van der Waals surface area contributed by atoms with Crippen LogP contribution in [-0.2, 0) is 11.2 Å². The molecule has 2 atom stereocenters. The molecule has 0 aliphatic carbocycles. The number of fused-ring (bicyclic) bond motifs is 1. The molecule has 0 saturated carbocycles. The zero-order chi connectivity index (χ0) is 14.8. The van der Waals surface area contributed by atoms with E-state index in [1.807, 2.05) is 30.5 Å². The molecule has 0 spiro atoms. The summed E-state index contributed by atoms with van der Waals surface area (Å²) in [4.78, 5) is 17.4. The highest BCUT2D eigenvalue weighted by atomic mass is 16.3. The lowest BCUT2D eigenvalue weighted by atomic mass is 10.0. The van der Waals surface area contributed by atoms with Crippen LogP contribution < -0.4 is 5.73 Å². The third-order valence-electron chi connectivity index (χ3n) is 4.30. The zero-order valence-corrected chi connectivity index (χ0v) is 12.0. The fraction of sp³-hybridized carbons (Fsp3) is 0.438. The van der Waals surface area contributed by atoms with E-state index >= 15 is 0 Å². The van der Waals surface area contributed by atoms with Gasteiger partial charge in [0.1, 0.15) is 0 Å². The number of nitrogens with zero attached hydrogens (tertiary/aromatic N) is 1. The third kappa shape index (κ3) is 2.66. The van der Waals surface area contributed by atoms with Gasteiger partial charge >= 0.3 is 0 Å². The van der Waals surface area contributed by atoms with Crippen LogP contribution >= 0.6 is 0 Å². The fourth-order valence-electron chi connectivity index (χ4n) is 3.15. The Labute approximate surface area is 123 Å². The maximum absolute atomic E-state index is 12.5. The fourth-order valence-corrected chi connectivity index (χ4v) is 3.15. The van der Waals surface area contributed by atoms with E-state index in [9.17, 15) is 9.90 Å². The van der Waals surface area contributed by atoms with Crippen LogP contribution in [0.5, 0.6) is 0 Å². The van der Waals surface area contributed by atoms with Gasteiger partial charge in [-0.25, -0.2) is 0 Å². The first-order valence-corrected chi connectivity index (χ1v) is 7.42. The molecule has 1 amide bonds. The Morgan fingerprint density at radius 2 is 2.29 bits per heavy atom. The largest absolute Gasteiger partial charge is 0.394 e. The van der Waals surface area contributed by atoms with Crippen molar-refractivity contribution in [3.8, 4) is 0 Å². The van der Waals surface area contributed by atoms with Gasteiger partial charge in [-0.15, -0.1) is 0 Å². The van der Waals surface area contributed by atoms with E-state index in [0.29, 0.717) is 13.0 Å². The van der Waals surface area contributed by atoms with Gasteiger partial charge in [0.25, 0.3) is 0 Å². The number of aliphatic hydroxyl groups is 1. The topological polar surface area (TPSA) is 82.4 Å². The molecule has 1 aliphatic rings. The summed E-state index contributed by atoms with van der Waals surface area (Å²) in [5.41, 5.74) is 8.23. The lowest BCUT2D eigenvalue weighted by Crippen LogP contribution is -2.47. The molecule has 5 nitrogen and oxygen atoms in total. The minimum absolute atomic E-state index is 0.0194. The zero-order valence-electron chi connectivity index (χ0n) is 12.0. The molecule has 0 radical (unpaired) electrons. The molecule has 1 aromatic carbocycles. The van der Waals surface area contributed by atoms with Crippen LogP contribution in [0.2, 0.25) is 0 Å². The van der Waals surface area contributed by atoms with Crippen LogP contribution in [0, 0.1) is 0 Å². The van der Waals surface area contributed by atoms with E-state index in [1.165, 1.54) is 0 Å². The van der Waals surface area contributed by atoms with Gasteiger partial charge in [-0.2, -0.15) is 0 Å². The Morgan fingerprint density at radius 1 is 1.48 bits per heavy atom. The summed E-state index contributed by atoms with van der Waals surface area (Å²) in [6, 6.07) is 7.38. The SMILES string of the molecule is N[C@@H](Cc1c[nH]c2ccccc12)C(=O)N1CCCC1CO. The number of H-pyrrole nitrogens is 1. The Balaban J connectivity index is 1.74. The predicted molar refractivity (Wildman–Crippen MR) is 81.8 cm³/mol. The monoisotopic (exact) mass is 287 g/mol. The van der Waals surface area contributed by atoms with E-state index < -0.39 is 6.04 Å². The molecule has 3 rings (SSSR count). The number of aromatic nitrogens is 1. The quantitative estimate of drug-likeness (QED) is 0.785. The lowest BCUT2D eigenvalue weighted by molar-refractivity contribution is -0.134. The van der Waals surface area contributed by atoms with E-state index in [0.717, 1.165) is 29.3 Å². The minimum atomic E-state index is -0.559. The van der Waals surface area contributed by atoms with Crippen molar-refractivity contribution < 1.29 is 9.90 Å². The number of amides is 1. The van der Waals surface area contributed by atoms with Crippen LogP contribution in [0.15, 0.2) is 30.5 Å². The molecule has 1 aromatic heterocycles. The molecular formula is C16H21N3O2. The predicted octanol–water partition coefficient (Wildman–Crippen LogP) is 1.02. The van der Waals surface area contributed by atoms with Gasteiger partial charge < -0.3 is 20.7 Å². The average molecular weight is 287 g/mol. The van der Waals surface area contributed by atoms with Gasteiger partial charge in [0.05, 0.1) is 18.7 Å². The maximum atomic E-state index is 12.5. The summed E-state index contributed by atoms with van der Waals surface area (Å²) < 4.78 is 0. The first kappa shape index (κ1) is 14.1. The number of hydrogen-bond acceptors (Lipinski definition) is 3. The Kier molecular flexibility index (Phi) is 3.94. The number of aliphatic hydroxyl groups excluding tert-OH is 1. The van der Waals surface area contributed by atoms with E-state index in [-0.39, 0.29) is 18.6 Å². The molecule has 21 heavy (non-hydrogen) atoms. The van der Waals surface area contributed by atoms with Crippen molar-refractivity contribution in [2.24, 2.45) is 5.73 Å². The number of aromatic amines is 1. The van der Waals surface area contributed by atoms with Gasteiger partial charge in [-0.05, 0) is 30.9 Å². The molecule has 5 heteroatoms. The lowest BCUT2D eigenvalue weighted by Gasteiger charge is -2.26. The maximum Gasteiger partial charge on any atom is 0.240 e. The number of likely N-dealkylation sites (tertiary alicyclic amines) is 1. The van der Waals surface area contributed by atoms with E-state index in [4.69, 9.17) is 5.73 Å². The molecule has 4 N–H and O–H groups in total. The molecular weight excluding hydrogens is 266 g/mol. The molecule has 2 heterocycles. The van der Waals surface area contributed by atoms with Gasteiger partial charge in [-0.3, -0.25) is 4.79 Å². The number of hydrogen-bond donors (Lipinski definition) is 3. The Morgan fingerprint density at radius 3 is 3.10 bits per heavy atom. The average Bonchev–Trinajstić information content (AvgIpc) is 3.13. The first-order chi connectivity index (χ1) is 10.2. The first-order valence-electron chi connectivity index (χ1n) is 7.42. The van der Waals surface area contributed by atoms with Crippen molar-refractivity contribution in [2.75, 3.05) is 13.2 Å².